The number of hydrogen-bond acceptors (Lipinski definition) is 5. The van der Waals surface area contributed by atoms with Gasteiger partial charge < -0.3 is 10.1 Å². The van der Waals surface area contributed by atoms with Crippen molar-refractivity contribution >= 4 is 52.6 Å². The third kappa shape index (κ3) is 5.70. The molecule has 1 spiro atoms. The van der Waals surface area contributed by atoms with E-state index < -0.39 is 11.7 Å². The van der Waals surface area contributed by atoms with Crippen LogP contribution in [0.4, 0.5) is 4.79 Å². The molecule has 2 aliphatic carbocycles. The van der Waals surface area contributed by atoms with Crippen LogP contribution in [0.15, 0.2) is 75.6 Å². The Morgan fingerprint density at radius 2 is 1.85 bits per heavy atom. The number of fused-ring (bicyclic) bond motifs is 1. The highest BCUT2D eigenvalue weighted by atomic mass is 35.5. The van der Waals surface area contributed by atoms with Crippen LogP contribution in [0.5, 0.6) is 0 Å². The number of rotatable bonds is 4. The number of nitrogens with zero attached hydrogens (tertiary/aromatic N) is 1. The van der Waals surface area contributed by atoms with Crippen molar-refractivity contribution in [1.29, 1.82) is 0 Å². The lowest BCUT2D eigenvalue weighted by molar-refractivity contribution is -0.111. The summed E-state index contributed by atoms with van der Waals surface area (Å²) in [5, 5.41) is 4.07. The molecule has 2 aromatic carbocycles. The van der Waals surface area contributed by atoms with Gasteiger partial charge in [0.25, 0.3) is 0 Å². The van der Waals surface area contributed by atoms with Crippen molar-refractivity contribution in [2.24, 2.45) is 16.3 Å². The van der Waals surface area contributed by atoms with Gasteiger partial charge >= 0.3 is 6.09 Å². The average Bonchev–Trinajstić information content (AvgIpc) is 3.17. The van der Waals surface area contributed by atoms with Crippen LogP contribution >= 0.6 is 35.0 Å². The maximum Gasteiger partial charge on any atom is 0.408 e. The maximum absolute atomic E-state index is 13.3. The number of carbonyl (C=O) groups is 2. The largest absolute Gasteiger partial charge is 0.444 e. The molecular formula is C31H32Cl2N2O3S. The van der Waals surface area contributed by atoms with E-state index in [-0.39, 0.29) is 23.2 Å². The lowest BCUT2D eigenvalue weighted by atomic mass is 9.65. The molecule has 0 aromatic heterocycles. The Balaban J connectivity index is 1.33. The molecule has 2 aromatic rings. The molecule has 1 saturated carbocycles. The van der Waals surface area contributed by atoms with Gasteiger partial charge in [-0.25, -0.2) is 4.79 Å². The van der Waals surface area contributed by atoms with Gasteiger partial charge in [-0.05, 0) is 81.5 Å². The van der Waals surface area contributed by atoms with E-state index in [0.29, 0.717) is 25.4 Å². The number of hydrogen-bond donors (Lipinski definition) is 1. The summed E-state index contributed by atoms with van der Waals surface area (Å²) in [6.45, 7) is 9.74. The molecule has 1 fully saturated rings. The minimum atomic E-state index is -0.568. The molecule has 5 rings (SSSR count). The van der Waals surface area contributed by atoms with E-state index >= 15 is 0 Å². The number of benzene rings is 2. The van der Waals surface area contributed by atoms with Crippen molar-refractivity contribution in [3.63, 3.8) is 0 Å². The molecule has 0 bridgehead atoms. The van der Waals surface area contributed by atoms with Crippen LogP contribution in [0.25, 0.3) is 0 Å². The first-order valence-electron chi connectivity index (χ1n) is 13.2. The van der Waals surface area contributed by atoms with Crippen LogP contribution in [0.2, 0.25) is 10.0 Å². The summed E-state index contributed by atoms with van der Waals surface area (Å²) in [5.41, 5.74) is 2.98. The minimum absolute atomic E-state index is 0.0994. The number of nitrogens with one attached hydrogen (secondary N) is 1. The fourth-order valence-electron chi connectivity index (χ4n) is 6.01. The highest BCUT2D eigenvalue weighted by Gasteiger charge is 2.49. The Bertz CT molecular complexity index is 1400. The Hall–Kier alpha value is -2.54. The molecule has 0 saturated heterocycles. The second kappa shape index (κ2) is 10.8. The molecule has 1 atom stereocenters. The smallest absolute Gasteiger partial charge is 0.408 e. The molecule has 0 unspecified atom stereocenters. The van der Waals surface area contributed by atoms with Crippen molar-refractivity contribution in [1.82, 2.24) is 5.32 Å². The summed E-state index contributed by atoms with van der Waals surface area (Å²) in [6, 6.07) is 13.6. The number of amides is 1. The lowest BCUT2D eigenvalue weighted by Crippen LogP contribution is -2.44. The van der Waals surface area contributed by atoms with Crippen molar-refractivity contribution in [3.05, 3.63) is 86.9 Å². The molecular weight excluding hydrogens is 551 g/mol. The standard InChI is InChI=1S/C31H32Cl2N2O3S/c1-18-26(34-17-24(27(18)36)39-23-11-7-10-22(32)25(23)33)19-12-14-31(15-13-19)16-20-8-5-6-9-21(20)28(31)35-29(37)38-30(2,3)4/h5-11,17,19,28H,1,12-16H2,2-4H3,(H,35,37)/t19?,28-,31?/m1/s1. The number of Topliss-reactive ketones (excluding diaryl/α,β-unsaturated/α-hetero) is 1. The summed E-state index contributed by atoms with van der Waals surface area (Å²) >= 11 is 13.7. The van der Waals surface area contributed by atoms with Gasteiger partial charge in [-0.15, -0.1) is 0 Å². The van der Waals surface area contributed by atoms with E-state index in [0.717, 1.165) is 37.8 Å². The predicted octanol–water partition coefficient (Wildman–Crippen LogP) is 8.51. The summed E-state index contributed by atoms with van der Waals surface area (Å²) in [5.74, 6) is 0.00888. The predicted molar refractivity (Wildman–Crippen MR) is 159 cm³/mol. The Morgan fingerprint density at radius 3 is 2.56 bits per heavy atom. The van der Waals surface area contributed by atoms with Crippen molar-refractivity contribution in [3.8, 4) is 0 Å². The zero-order valence-corrected chi connectivity index (χ0v) is 24.7. The van der Waals surface area contributed by atoms with E-state index in [4.69, 9.17) is 32.9 Å². The zero-order valence-electron chi connectivity index (χ0n) is 22.4. The third-order valence-corrected chi connectivity index (χ3v) is 9.82. The van der Waals surface area contributed by atoms with Crippen molar-refractivity contribution in [2.45, 2.75) is 69.4 Å². The number of aliphatic imine (C=N–C) groups is 1. The number of alkyl carbamates (subject to hydrolysis) is 1. The first kappa shape index (κ1) is 28.0. The normalized spacial score (nSPS) is 24.7. The Labute approximate surface area is 244 Å². The molecule has 5 nitrogen and oxygen atoms in total. The minimum Gasteiger partial charge on any atom is -0.444 e. The molecule has 1 N–H and O–H groups in total. The molecule has 0 radical (unpaired) electrons. The van der Waals surface area contributed by atoms with E-state index in [1.807, 2.05) is 32.9 Å². The second-order valence-electron chi connectivity index (χ2n) is 11.6. The number of ether oxygens (including phenoxy) is 1. The quantitative estimate of drug-likeness (QED) is 0.367. The second-order valence-corrected chi connectivity index (χ2v) is 13.4. The third-order valence-electron chi connectivity index (χ3n) is 7.81. The van der Waals surface area contributed by atoms with Crippen LogP contribution < -0.4 is 5.32 Å². The van der Waals surface area contributed by atoms with Crippen molar-refractivity contribution in [2.75, 3.05) is 0 Å². The van der Waals surface area contributed by atoms with Gasteiger partial charge in [-0.1, -0.05) is 71.9 Å². The topological polar surface area (TPSA) is 67.8 Å². The Kier molecular flexibility index (Phi) is 7.75. The zero-order chi connectivity index (χ0) is 27.9. The highest BCUT2D eigenvalue weighted by molar-refractivity contribution is 8.04. The van der Waals surface area contributed by atoms with Gasteiger partial charge in [-0.2, -0.15) is 0 Å². The van der Waals surface area contributed by atoms with Crippen LogP contribution in [0.3, 0.4) is 0 Å². The van der Waals surface area contributed by atoms with E-state index in [1.54, 1.807) is 18.3 Å². The summed E-state index contributed by atoms with van der Waals surface area (Å²) < 4.78 is 5.62. The maximum atomic E-state index is 13.3. The van der Waals surface area contributed by atoms with Crippen LogP contribution in [0.1, 0.15) is 63.6 Å². The van der Waals surface area contributed by atoms with Gasteiger partial charge in [0.1, 0.15) is 5.60 Å². The molecule has 204 valence electrons. The number of halogens is 2. The van der Waals surface area contributed by atoms with Gasteiger partial charge in [0, 0.05) is 22.6 Å². The Morgan fingerprint density at radius 1 is 1.13 bits per heavy atom. The van der Waals surface area contributed by atoms with Crippen LogP contribution in [0, 0.1) is 11.3 Å². The SMILES string of the molecule is C=C1C(=O)C(Sc2cccc(Cl)c2Cl)=CN=C1C1CCC2(CC1)Cc1ccccc1[C@H]2NC(=O)OC(C)(C)C. The molecule has 3 aliphatic rings. The summed E-state index contributed by atoms with van der Waals surface area (Å²) in [7, 11) is 0. The number of carbonyl (C=O) groups excluding carboxylic acids is 2. The fraction of sp³-hybridized carbons (Fsp3) is 0.387. The summed E-state index contributed by atoms with van der Waals surface area (Å²) in [6.07, 6.45) is 5.68. The highest BCUT2D eigenvalue weighted by Crippen LogP contribution is 2.55. The van der Waals surface area contributed by atoms with E-state index in [9.17, 15) is 9.59 Å². The van der Waals surface area contributed by atoms with Crippen LogP contribution in [-0.4, -0.2) is 23.2 Å². The fourth-order valence-corrected chi connectivity index (χ4v) is 7.39. The monoisotopic (exact) mass is 582 g/mol. The van der Waals surface area contributed by atoms with E-state index in [2.05, 4.69) is 30.1 Å². The lowest BCUT2D eigenvalue weighted by Gasteiger charge is -2.42. The molecule has 1 heterocycles. The van der Waals surface area contributed by atoms with E-state index in [1.165, 1.54) is 22.9 Å². The van der Waals surface area contributed by atoms with Gasteiger partial charge in [0.2, 0.25) is 5.78 Å². The van der Waals surface area contributed by atoms with Crippen molar-refractivity contribution < 1.29 is 14.3 Å². The molecule has 1 aliphatic heterocycles. The molecule has 39 heavy (non-hydrogen) atoms. The summed E-state index contributed by atoms with van der Waals surface area (Å²) in [4.78, 5) is 32.0. The van der Waals surface area contributed by atoms with Crippen LogP contribution in [-0.2, 0) is 16.0 Å². The molecule has 8 heteroatoms. The molecule has 1 amide bonds. The number of thioether (sulfide) groups is 1. The number of allylic oxidation sites excluding steroid dienone is 2. The van der Waals surface area contributed by atoms with Gasteiger partial charge in [-0.3, -0.25) is 9.79 Å². The average molecular weight is 584 g/mol. The van der Waals surface area contributed by atoms with Gasteiger partial charge in [0.15, 0.2) is 0 Å². The first-order valence-corrected chi connectivity index (χ1v) is 14.8. The first-order chi connectivity index (χ1) is 18.5. The number of ketones is 1. The van der Waals surface area contributed by atoms with Gasteiger partial charge in [0.05, 0.1) is 26.7 Å².